The fourth-order valence-electron chi connectivity index (χ4n) is 4.67. The number of nitrogen functional groups attached to an aromatic ring is 1. The molecule has 32 heavy (non-hydrogen) atoms. The van der Waals surface area contributed by atoms with Gasteiger partial charge < -0.3 is 10.5 Å². The molecule has 4 rings (SSSR count). The van der Waals surface area contributed by atoms with E-state index in [0.29, 0.717) is 29.8 Å². The molecule has 3 N–H and O–H groups in total. The number of hydrogen-bond donors (Lipinski definition) is 2. The number of hydrogen-bond acceptors (Lipinski definition) is 7. The van der Waals surface area contributed by atoms with Gasteiger partial charge in [0.1, 0.15) is 11.9 Å². The quantitative estimate of drug-likeness (QED) is 0.684. The van der Waals surface area contributed by atoms with Gasteiger partial charge in [0, 0.05) is 12.1 Å². The van der Waals surface area contributed by atoms with Gasteiger partial charge in [0.2, 0.25) is 15.9 Å². The summed E-state index contributed by atoms with van der Waals surface area (Å²) in [7, 11) is -3.16. The Morgan fingerprint density at radius 2 is 1.81 bits per heavy atom. The Labute approximate surface area is 189 Å². The van der Waals surface area contributed by atoms with Crippen LogP contribution in [0, 0.1) is 5.92 Å². The van der Waals surface area contributed by atoms with E-state index in [0.717, 1.165) is 37.0 Å². The number of fused-ring (bicyclic) bond motifs is 1. The van der Waals surface area contributed by atoms with Crippen LogP contribution in [0.2, 0.25) is 0 Å². The van der Waals surface area contributed by atoms with Gasteiger partial charge in [-0.15, -0.1) is 0 Å². The maximum absolute atomic E-state index is 12.0. The summed E-state index contributed by atoms with van der Waals surface area (Å²) in [4.78, 5) is 12.9. The average Bonchev–Trinajstić information content (AvgIpc) is 2.73. The zero-order valence-electron chi connectivity index (χ0n) is 18.8. The number of rotatable bonds is 6. The Balaban J connectivity index is 1.47. The maximum atomic E-state index is 12.0. The second kappa shape index (κ2) is 8.78. The van der Waals surface area contributed by atoms with Crippen molar-refractivity contribution in [2.75, 3.05) is 18.0 Å². The van der Waals surface area contributed by atoms with Gasteiger partial charge in [-0.1, -0.05) is 31.2 Å². The van der Waals surface area contributed by atoms with Gasteiger partial charge in [0.05, 0.1) is 11.5 Å². The molecule has 8 nitrogen and oxygen atoms in total. The third-order valence-electron chi connectivity index (χ3n) is 6.28. The zero-order chi connectivity index (χ0) is 22.9. The van der Waals surface area contributed by atoms with Crippen molar-refractivity contribution in [3.63, 3.8) is 0 Å². The van der Waals surface area contributed by atoms with Crippen molar-refractivity contribution in [2.24, 2.45) is 10.9 Å². The van der Waals surface area contributed by atoms with E-state index in [1.165, 1.54) is 11.9 Å². The summed E-state index contributed by atoms with van der Waals surface area (Å²) in [5.41, 5.74) is 8.84. The summed E-state index contributed by atoms with van der Waals surface area (Å²) < 4.78 is 32.7. The summed E-state index contributed by atoms with van der Waals surface area (Å²) in [5.74, 6) is 1.61. The zero-order valence-corrected chi connectivity index (χ0v) is 19.7. The van der Waals surface area contributed by atoms with Crippen LogP contribution in [0.5, 0.6) is 5.88 Å². The van der Waals surface area contributed by atoms with E-state index in [4.69, 9.17) is 15.5 Å². The lowest BCUT2D eigenvalue weighted by Gasteiger charge is -2.32. The van der Waals surface area contributed by atoms with Crippen LogP contribution in [0.15, 0.2) is 35.6 Å². The van der Waals surface area contributed by atoms with Crippen molar-refractivity contribution in [3.8, 4) is 5.88 Å². The smallest absolute Gasteiger partial charge is 0.246 e. The van der Waals surface area contributed by atoms with Gasteiger partial charge in [0.25, 0.3) is 0 Å². The number of benzene rings is 1. The summed E-state index contributed by atoms with van der Waals surface area (Å²) in [6.45, 7) is 6.18. The number of nitrogens with one attached hydrogen (secondary N) is 1. The molecule has 2 heterocycles. The van der Waals surface area contributed by atoms with Crippen LogP contribution in [-0.2, 0) is 10.0 Å². The molecule has 0 bridgehead atoms. The van der Waals surface area contributed by atoms with Gasteiger partial charge >= 0.3 is 0 Å². The Morgan fingerprint density at radius 1 is 1.12 bits per heavy atom. The molecule has 0 spiro atoms. The first kappa shape index (κ1) is 22.7. The minimum absolute atomic E-state index is 0.232. The second-order valence-corrected chi connectivity index (χ2v) is 11.0. The van der Waals surface area contributed by atoms with Crippen molar-refractivity contribution in [1.29, 1.82) is 0 Å². The standard InChI is InChI=1S/C23H31N5O3S/c1-4-27-32(29,30)13-15-5-7-16(8-6-15)17-9-11-18(12-10-17)20-23(2,3)31-22-19(28-20)21(24)25-14-26-22/h9-12,14-16,27H,4-8,13H2,1-3H3,(H2,24,25,26). The first-order chi connectivity index (χ1) is 15.2. The van der Waals surface area contributed by atoms with Gasteiger partial charge in [-0.3, -0.25) is 0 Å². The number of anilines is 1. The molecule has 9 heteroatoms. The van der Waals surface area contributed by atoms with Gasteiger partial charge in [0.15, 0.2) is 11.5 Å². The average molecular weight is 458 g/mol. The van der Waals surface area contributed by atoms with E-state index in [2.05, 4.69) is 39.0 Å². The highest BCUT2D eigenvalue weighted by Gasteiger charge is 2.35. The van der Waals surface area contributed by atoms with E-state index in [1.54, 1.807) is 0 Å². The fraction of sp³-hybridized carbons (Fsp3) is 0.522. The third-order valence-corrected chi connectivity index (χ3v) is 7.92. The normalized spacial score (nSPS) is 22.5. The summed E-state index contributed by atoms with van der Waals surface area (Å²) in [5, 5.41) is 0. The minimum atomic E-state index is -3.16. The molecule has 1 aromatic heterocycles. The molecule has 2 aromatic rings. The first-order valence-corrected chi connectivity index (χ1v) is 12.8. The summed E-state index contributed by atoms with van der Waals surface area (Å²) >= 11 is 0. The predicted molar refractivity (Wildman–Crippen MR) is 126 cm³/mol. The Kier molecular flexibility index (Phi) is 6.22. The highest BCUT2D eigenvalue weighted by atomic mass is 32.2. The molecule has 0 atom stereocenters. The molecule has 0 unspecified atom stereocenters. The van der Waals surface area contributed by atoms with Crippen LogP contribution >= 0.6 is 0 Å². The van der Waals surface area contributed by atoms with E-state index in [1.807, 2.05) is 20.8 Å². The molecule has 1 fully saturated rings. The lowest BCUT2D eigenvalue weighted by molar-refractivity contribution is 0.171. The molecule has 0 saturated heterocycles. The Bertz CT molecular complexity index is 1100. The number of aromatic nitrogens is 2. The Morgan fingerprint density at radius 3 is 2.47 bits per heavy atom. The molecule has 0 amide bonds. The number of nitrogens with zero attached hydrogens (tertiary/aromatic N) is 3. The molecular formula is C23H31N5O3S. The molecule has 1 aliphatic carbocycles. The van der Waals surface area contributed by atoms with Gasteiger partial charge in [-0.2, -0.15) is 4.98 Å². The highest BCUT2D eigenvalue weighted by molar-refractivity contribution is 7.89. The van der Waals surface area contributed by atoms with Gasteiger partial charge in [-0.05, 0) is 56.9 Å². The van der Waals surface area contributed by atoms with E-state index in [9.17, 15) is 8.42 Å². The van der Waals surface area contributed by atoms with Crippen molar-refractivity contribution < 1.29 is 13.2 Å². The minimum Gasteiger partial charge on any atom is -0.463 e. The fourth-order valence-corrected chi connectivity index (χ4v) is 6.18. The van der Waals surface area contributed by atoms with E-state index >= 15 is 0 Å². The lowest BCUT2D eigenvalue weighted by Crippen LogP contribution is -2.41. The SMILES string of the molecule is CCNS(=O)(=O)CC1CCC(c2ccc(C3=Nc4c(N)ncnc4OC3(C)C)cc2)CC1. The van der Waals surface area contributed by atoms with Crippen molar-refractivity contribution in [2.45, 2.75) is 58.0 Å². The molecule has 172 valence electrons. The number of aliphatic imine (C=N–C) groups is 1. The molecule has 2 aliphatic rings. The molecular weight excluding hydrogens is 426 g/mol. The summed E-state index contributed by atoms with van der Waals surface area (Å²) in [6.07, 6.45) is 5.25. The molecule has 0 radical (unpaired) electrons. The van der Waals surface area contributed by atoms with Crippen LogP contribution in [0.1, 0.15) is 63.5 Å². The van der Waals surface area contributed by atoms with Crippen LogP contribution in [0.25, 0.3) is 0 Å². The number of sulfonamides is 1. The second-order valence-electron chi connectivity index (χ2n) is 9.10. The first-order valence-electron chi connectivity index (χ1n) is 11.1. The topological polar surface area (TPSA) is 120 Å². The highest BCUT2D eigenvalue weighted by Crippen LogP contribution is 2.40. The third kappa shape index (κ3) is 4.78. The summed E-state index contributed by atoms with van der Waals surface area (Å²) in [6, 6.07) is 8.45. The molecule has 1 aliphatic heterocycles. The van der Waals surface area contributed by atoms with E-state index < -0.39 is 15.6 Å². The molecule has 1 saturated carbocycles. The lowest BCUT2D eigenvalue weighted by atomic mass is 9.79. The Hall–Kier alpha value is -2.52. The van der Waals surface area contributed by atoms with Crippen LogP contribution < -0.4 is 15.2 Å². The molecule has 1 aromatic carbocycles. The van der Waals surface area contributed by atoms with E-state index in [-0.39, 0.29) is 11.7 Å². The number of ether oxygens (including phenoxy) is 1. The largest absolute Gasteiger partial charge is 0.463 e. The van der Waals surface area contributed by atoms with Crippen LogP contribution in [-0.4, -0.2) is 42.0 Å². The van der Waals surface area contributed by atoms with Crippen LogP contribution in [0.3, 0.4) is 0 Å². The van der Waals surface area contributed by atoms with Crippen LogP contribution in [0.4, 0.5) is 11.5 Å². The van der Waals surface area contributed by atoms with Crippen molar-refractivity contribution in [1.82, 2.24) is 14.7 Å². The monoisotopic (exact) mass is 457 g/mol. The predicted octanol–water partition coefficient (Wildman–Crippen LogP) is 3.56. The number of nitrogens with two attached hydrogens (primary N) is 1. The maximum Gasteiger partial charge on any atom is 0.246 e. The van der Waals surface area contributed by atoms with Crippen molar-refractivity contribution >= 4 is 27.2 Å². The van der Waals surface area contributed by atoms with Gasteiger partial charge in [-0.25, -0.2) is 23.1 Å². The van der Waals surface area contributed by atoms with Crippen molar-refractivity contribution in [3.05, 3.63) is 41.7 Å².